The Bertz CT molecular complexity index is 607. The van der Waals surface area contributed by atoms with E-state index in [1.165, 1.54) is 24.4 Å². The van der Waals surface area contributed by atoms with Crippen molar-refractivity contribution in [2.24, 2.45) is 0 Å². The van der Waals surface area contributed by atoms with Crippen LogP contribution in [0, 0.1) is 5.82 Å². The summed E-state index contributed by atoms with van der Waals surface area (Å²) in [4.78, 5) is 18.0. The van der Waals surface area contributed by atoms with Gasteiger partial charge in [0.05, 0.1) is 5.02 Å². The van der Waals surface area contributed by atoms with Crippen LogP contribution < -0.4 is 4.74 Å². The van der Waals surface area contributed by atoms with Gasteiger partial charge in [-0.25, -0.2) is 14.2 Å². The van der Waals surface area contributed by atoms with Crippen molar-refractivity contribution >= 4 is 17.6 Å². The maximum atomic E-state index is 13.1. The van der Waals surface area contributed by atoms with Crippen LogP contribution in [0.5, 0.6) is 11.8 Å². The number of ether oxygens (including phenoxy) is 1. The zero-order chi connectivity index (χ0) is 13.1. The summed E-state index contributed by atoms with van der Waals surface area (Å²) >= 11 is 5.51. The number of carboxylic acid groups (broad SMARTS) is 1. The first-order chi connectivity index (χ1) is 8.56. The van der Waals surface area contributed by atoms with Crippen molar-refractivity contribution in [3.8, 4) is 11.8 Å². The molecule has 0 spiro atoms. The molecule has 0 saturated carbocycles. The molecule has 5 nitrogen and oxygen atoms in total. The van der Waals surface area contributed by atoms with Crippen LogP contribution in [0.3, 0.4) is 0 Å². The SMILES string of the molecule is O=C(O)c1ccnc(Oc2ccc(Cl)c(F)c2)n1. The minimum absolute atomic E-state index is 0.0393. The van der Waals surface area contributed by atoms with Gasteiger partial charge < -0.3 is 9.84 Å². The monoisotopic (exact) mass is 268 g/mol. The molecule has 0 fully saturated rings. The molecule has 2 aromatic rings. The highest BCUT2D eigenvalue weighted by molar-refractivity contribution is 6.30. The summed E-state index contributed by atoms with van der Waals surface area (Å²) in [7, 11) is 0. The largest absolute Gasteiger partial charge is 0.477 e. The number of aromatic nitrogens is 2. The second kappa shape index (κ2) is 4.97. The van der Waals surface area contributed by atoms with Crippen molar-refractivity contribution in [1.29, 1.82) is 0 Å². The van der Waals surface area contributed by atoms with Crippen molar-refractivity contribution < 1.29 is 19.0 Å². The molecule has 1 heterocycles. The number of benzene rings is 1. The second-order valence-electron chi connectivity index (χ2n) is 3.21. The molecule has 0 aliphatic carbocycles. The standard InChI is InChI=1S/C11H6ClFN2O3/c12-7-2-1-6(5-8(7)13)18-11-14-4-3-9(15-11)10(16)17/h1-5H,(H,16,17). The van der Waals surface area contributed by atoms with Gasteiger partial charge in [0.1, 0.15) is 11.6 Å². The van der Waals surface area contributed by atoms with Crippen LogP contribution >= 0.6 is 11.6 Å². The minimum atomic E-state index is -1.20. The molecule has 0 atom stereocenters. The maximum Gasteiger partial charge on any atom is 0.354 e. The van der Waals surface area contributed by atoms with E-state index in [1.807, 2.05) is 0 Å². The topological polar surface area (TPSA) is 72.3 Å². The quantitative estimate of drug-likeness (QED) is 0.927. The fourth-order valence-electron chi connectivity index (χ4n) is 1.15. The van der Waals surface area contributed by atoms with Crippen molar-refractivity contribution in [2.75, 3.05) is 0 Å². The van der Waals surface area contributed by atoms with Crippen molar-refractivity contribution in [2.45, 2.75) is 0 Å². The maximum absolute atomic E-state index is 13.1. The number of hydrogen-bond donors (Lipinski definition) is 1. The molecule has 0 saturated heterocycles. The van der Waals surface area contributed by atoms with Gasteiger partial charge in [0.15, 0.2) is 5.69 Å². The molecule has 18 heavy (non-hydrogen) atoms. The molecule has 1 N–H and O–H groups in total. The molecule has 1 aromatic carbocycles. The Morgan fingerprint density at radius 2 is 2.17 bits per heavy atom. The molecule has 92 valence electrons. The molecule has 0 aliphatic heterocycles. The van der Waals surface area contributed by atoms with Gasteiger partial charge >= 0.3 is 12.0 Å². The van der Waals surface area contributed by atoms with Crippen LogP contribution in [-0.4, -0.2) is 21.0 Å². The highest BCUT2D eigenvalue weighted by Gasteiger charge is 2.09. The van der Waals surface area contributed by atoms with Crippen LogP contribution in [0.1, 0.15) is 10.5 Å². The summed E-state index contributed by atoms with van der Waals surface area (Å²) in [5.41, 5.74) is -0.213. The van der Waals surface area contributed by atoms with E-state index in [2.05, 4.69) is 9.97 Å². The van der Waals surface area contributed by atoms with Crippen molar-refractivity contribution in [3.05, 3.63) is 47.0 Å². The Hall–Kier alpha value is -2.21. The van der Waals surface area contributed by atoms with E-state index >= 15 is 0 Å². The van der Waals surface area contributed by atoms with Crippen LogP contribution in [0.4, 0.5) is 4.39 Å². The lowest BCUT2D eigenvalue weighted by atomic mass is 10.3. The summed E-state index contributed by atoms with van der Waals surface area (Å²) in [5.74, 6) is -1.73. The third-order valence-corrected chi connectivity index (χ3v) is 2.26. The number of aromatic carboxylic acids is 1. The molecule has 0 bridgehead atoms. The average molecular weight is 269 g/mol. The molecular weight excluding hydrogens is 263 g/mol. The van der Waals surface area contributed by atoms with Gasteiger partial charge in [-0.15, -0.1) is 0 Å². The van der Waals surface area contributed by atoms with E-state index in [0.717, 1.165) is 6.07 Å². The lowest BCUT2D eigenvalue weighted by Crippen LogP contribution is -2.02. The first kappa shape index (κ1) is 12.3. The van der Waals surface area contributed by atoms with Gasteiger partial charge in [-0.05, 0) is 18.2 Å². The fraction of sp³-hybridized carbons (Fsp3) is 0. The second-order valence-corrected chi connectivity index (χ2v) is 3.61. The molecule has 7 heteroatoms. The Morgan fingerprint density at radius 1 is 1.39 bits per heavy atom. The summed E-state index contributed by atoms with van der Waals surface area (Å²) in [6.45, 7) is 0. The normalized spacial score (nSPS) is 10.1. The van der Waals surface area contributed by atoms with Crippen LogP contribution in [-0.2, 0) is 0 Å². The highest BCUT2D eigenvalue weighted by atomic mass is 35.5. The van der Waals surface area contributed by atoms with Gasteiger partial charge in [0.2, 0.25) is 0 Å². The summed E-state index contributed by atoms with van der Waals surface area (Å²) in [5, 5.41) is 8.69. The van der Waals surface area contributed by atoms with E-state index in [-0.39, 0.29) is 22.5 Å². The minimum Gasteiger partial charge on any atom is -0.477 e. The van der Waals surface area contributed by atoms with Gasteiger partial charge in [0, 0.05) is 12.3 Å². The number of rotatable bonds is 3. The first-order valence-electron chi connectivity index (χ1n) is 4.75. The van der Waals surface area contributed by atoms with E-state index in [4.69, 9.17) is 21.4 Å². The van der Waals surface area contributed by atoms with E-state index in [9.17, 15) is 9.18 Å². The van der Waals surface area contributed by atoms with Gasteiger partial charge in [-0.1, -0.05) is 11.6 Å². The van der Waals surface area contributed by atoms with Crippen molar-refractivity contribution in [3.63, 3.8) is 0 Å². The Morgan fingerprint density at radius 3 is 2.83 bits per heavy atom. The van der Waals surface area contributed by atoms with Gasteiger partial charge in [-0.3, -0.25) is 0 Å². The predicted molar refractivity (Wildman–Crippen MR) is 60.5 cm³/mol. The Balaban J connectivity index is 2.25. The zero-order valence-corrected chi connectivity index (χ0v) is 9.56. The van der Waals surface area contributed by atoms with Crippen LogP contribution in [0.25, 0.3) is 0 Å². The zero-order valence-electron chi connectivity index (χ0n) is 8.80. The summed E-state index contributed by atoms with van der Waals surface area (Å²) in [6.07, 6.45) is 1.23. The molecule has 0 radical (unpaired) electrons. The predicted octanol–water partition coefficient (Wildman–Crippen LogP) is 2.76. The number of nitrogens with zero attached hydrogens (tertiary/aromatic N) is 2. The van der Waals surface area contributed by atoms with E-state index in [1.54, 1.807) is 0 Å². The van der Waals surface area contributed by atoms with E-state index in [0.29, 0.717) is 0 Å². The fourth-order valence-corrected chi connectivity index (χ4v) is 1.27. The molecular formula is C11H6ClFN2O3. The third-order valence-electron chi connectivity index (χ3n) is 1.95. The molecule has 0 aliphatic rings. The molecule has 1 aromatic heterocycles. The van der Waals surface area contributed by atoms with Crippen LogP contribution in [0.15, 0.2) is 30.5 Å². The first-order valence-corrected chi connectivity index (χ1v) is 5.13. The van der Waals surface area contributed by atoms with Crippen LogP contribution in [0.2, 0.25) is 5.02 Å². The van der Waals surface area contributed by atoms with Gasteiger partial charge in [-0.2, -0.15) is 4.98 Å². The number of carboxylic acids is 1. The number of carbonyl (C=O) groups is 1. The number of halogens is 2. The number of hydrogen-bond acceptors (Lipinski definition) is 4. The smallest absolute Gasteiger partial charge is 0.354 e. The summed E-state index contributed by atoms with van der Waals surface area (Å²) < 4.78 is 18.3. The Kier molecular flexibility index (Phi) is 3.38. The molecule has 0 amide bonds. The third kappa shape index (κ3) is 2.72. The van der Waals surface area contributed by atoms with Gasteiger partial charge in [0.25, 0.3) is 0 Å². The van der Waals surface area contributed by atoms with E-state index < -0.39 is 11.8 Å². The average Bonchev–Trinajstić information content (AvgIpc) is 2.34. The highest BCUT2D eigenvalue weighted by Crippen LogP contribution is 2.23. The Labute approximate surface area is 106 Å². The molecule has 0 unspecified atom stereocenters. The lowest BCUT2D eigenvalue weighted by Gasteiger charge is -2.04. The molecule has 2 rings (SSSR count). The van der Waals surface area contributed by atoms with Crippen molar-refractivity contribution in [1.82, 2.24) is 9.97 Å². The lowest BCUT2D eigenvalue weighted by molar-refractivity contribution is 0.0689. The summed E-state index contributed by atoms with van der Waals surface area (Å²) in [6, 6.07) is 4.82.